The summed E-state index contributed by atoms with van der Waals surface area (Å²) in [5.74, 6) is 0.492. The smallest absolute Gasteiger partial charge is 0.0531 e. The minimum Gasteiger partial charge on any atom is -0.396 e. The van der Waals surface area contributed by atoms with Crippen molar-refractivity contribution >= 4 is 0 Å². The van der Waals surface area contributed by atoms with Crippen molar-refractivity contribution in [2.45, 2.75) is 39.5 Å². The van der Waals surface area contributed by atoms with E-state index in [1.807, 2.05) is 0 Å². The summed E-state index contributed by atoms with van der Waals surface area (Å²) in [6.45, 7) is 3.82. The Hall–Kier alpha value is -0.120. The Kier molecular flexibility index (Phi) is 7.15. The van der Waals surface area contributed by atoms with E-state index in [1.54, 1.807) is 0 Å². The molecule has 0 fully saturated rings. The van der Waals surface area contributed by atoms with E-state index in [-0.39, 0.29) is 19.8 Å². The molecule has 3 heteroatoms. The van der Waals surface area contributed by atoms with Crippen LogP contribution in [0.15, 0.2) is 0 Å². The predicted octanol–water partition coefficient (Wildman–Crippen LogP) is 1.17. The van der Waals surface area contributed by atoms with Crippen molar-refractivity contribution in [3.8, 4) is 0 Å². The van der Waals surface area contributed by atoms with Gasteiger partial charge in [-0.1, -0.05) is 33.1 Å². The van der Waals surface area contributed by atoms with Crippen LogP contribution in [-0.2, 0) is 0 Å². The van der Waals surface area contributed by atoms with Gasteiger partial charge < -0.3 is 15.3 Å². The molecule has 0 rings (SSSR count). The highest BCUT2D eigenvalue weighted by atomic mass is 16.3. The molecule has 0 heterocycles. The minimum atomic E-state index is -0.685. The van der Waals surface area contributed by atoms with Crippen molar-refractivity contribution in [1.29, 1.82) is 0 Å². The Bertz CT molecular complexity index is 124. The second-order valence-electron chi connectivity index (χ2n) is 4.24. The molecule has 86 valence electrons. The summed E-state index contributed by atoms with van der Waals surface area (Å²) < 4.78 is 0. The standard InChI is InChI=1S/C11H24O3/c1-3-5-10(4-2)6-11(7-12,8-13)9-14/h10,12-14H,3-9H2,1-2H3. The summed E-state index contributed by atoms with van der Waals surface area (Å²) in [5.41, 5.74) is -0.685. The summed E-state index contributed by atoms with van der Waals surface area (Å²) in [6.07, 6.45) is 3.95. The highest BCUT2D eigenvalue weighted by Crippen LogP contribution is 2.29. The van der Waals surface area contributed by atoms with Gasteiger partial charge in [0, 0.05) is 5.41 Å². The fourth-order valence-electron chi connectivity index (χ4n) is 1.81. The maximum Gasteiger partial charge on any atom is 0.0531 e. The van der Waals surface area contributed by atoms with Gasteiger partial charge in [0.1, 0.15) is 0 Å². The van der Waals surface area contributed by atoms with Crippen LogP contribution in [0.2, 0.25) is 0 Å². The van der Waals surface area contributed by atoms with Crippen LogP contribution >= 0.6 is 0 Å². The predicted molar refractivity (Wildman–Crippen MR) is 57.0 cm³/mol. The Balaban J connectivity index is 4.24. The molecule has 1 atom stereocenters. The van der Waals surface area contributed by atoms with Gasteiger partial charge in [-0.25, -0.2) is 0 Å². The first-order valence-electron chi connectivity index (χ1n) is 5.50. The molecule has 0 saturated carbocycles. The monoisotopic (exact) mass is 204 g/mol. The number of aliphatic hydroxyl groups is 3. The van der Waals surface area contributed by atoms with E-state index >= 15 is 0 Å². The van der Waals surface area contributed by atoms with Gasteiger partial charge in [0.05, 0.1) is 19.8 Å². The number of aliphatic hydroxyl groups excluding tert-OH is 3. The number of hydrogen-bond donors (Lipinski definition) is 3. The van der Waals surface area contributed by atoms with E-state index in [0.29, 0.717) is 12.3 Å². The van der Waals surface area contributed by atoms with Crippen LogP contribution in [0.4, 0.5) is 0 Å². The molecule has 0 aliphatic rings. The molecule has 0 amide bonds. The normalized spacial score (nSPS) is 14.4. The first kappa shape index (κ1) is 13.9. The lowest BCUT2D eigenvalue weighted by Crippen LogP contribution is -2.36. The highest BCUT2D eigenvalue weighted by Gasteiger charge is 2.30. The van der Waals surface area contributed by atoms with Crippen LogP contribution in [0.5, 0.6) is 0 Å². The first-order chi connectivity index (χ1) is 6.67. The van der Waals surface area contributed by atoms with Crippen molar-refractivity contribution in [1.82, 2.24) is 0 Å². The van der Waals surface area contributed by atoms with Crippen molar-refractivity contribution in [3.05, 3.63) is 0 Å². The van der Waals surface area contributed by atoms with E-state index < -0.39 is 5.41 Å². The molecule has 3 N–H and O–H groups in total. The topological polar surface area (TPSA) is 60.7 Å². The Morgan fingerprint density at radius 3 is 1.79 bits per heavy atom. The highest BCUT2D eigenvalue weighted by molar-refractivity contribution is 4.80. The lowest BCUT2D eigenvalue weighted by atomic mass is 9.78. The summed E-state index contributed by atoms with van der Waals surface area (Å²) in [6, 6.07) is 0. The molecule has 0 aliphatic carbocycles. The van der Waals surface area contributed by atoms with Gasteiger partial charge in [0.15, 0.2) is 0 Å². The molecular weight excluding hydrogens is 180 g/mol. The molecule has 0 aromatic heterocycles. The fraction of sp³-hybridized carbons (Fsp3) is 1.00. The van der Waals surface area contributed by atoms with Crippen LogP contribution < -0.4 is 0 Å². The van der Waals surface area contributed by atoms with E-state index in [0.717, 1.165) is 19.3 Å². The molecule has 0 aromatic carbocycles. The van der Waals surface area contributed by atoms with Gasteiger partial charge in [-0.3, -0.25) is 0 Å². The van der Waals surface area contributed by atoms with Gasteiger partial charge in [-0.15, -0.1) is 0 Å². The summed E-state index contributed by atoms with van der Waals surface area (Å²) in [7, 11) is 0. The average Bonchev–Trinajstić information content (AvgIpc) is 2.25. The van der Waals surface area contributed by atoms with Crippen LogP contribution in [-0.4, -0.2) is 35.1 Å². The van der Waals surface area contributed by atoms with Crippen molar-refractivity contribution in [2.75, 3.05) is 19.8 Å². The fourth-order valence-corrected chi connectivity index (χ4v) is 1.81. The third-order valence-electron chi connectivity index (χ3n) is 3.00. The Labute approximate surface area is 86.8 Å². The molecule has 0 aromatic rings. The molecule has 0 radical (unpaired) electrons. The van der Waals surface area contributed by atoms with Crippen LogP contribution in [0.1, 0.15) is 39.5 Å². The summed E-state index contributed by atoms with van der Waals surface area (Å²) in [5, 5.41) is 27.5. The molecule has 3 nitrogen and oxygen atoms in total. The number of hydrogen-bond acceptors (Lipinski definition) is 3. The van der Waals surface area contributed by atoms with Gasteiger partial charge in [0.25, 0.3) is 0 Å². The summed E-state index contributed by atoms with van der Waals surface area (Å²) in [4.78, 5) is 0. The van der Waals surface area contributed by atoms with Gasteiger partial charge >= 0.3 is 0 Å². The van der Waals surface area contributed by atoms with Crippen LogP contribution in [0.25, 0.3) is 0 Å². The number of rotatable bonds is 8. The maximum atomic E-state index is 9.17. The Morgan fingerprint density at radius 1 is 1.00 bits per heavy atom. The van der Waals surface area contributed by atoms with E-state index in [4.69, 9.17) is 15.3 Å². The third kappa shape index (κ3) is 3.95. The third-order valence-corrected chi connectivity index (χ3v) is 3.00. The van der Waals surface area contributed by atoms with Crippen LogP contribution in [0.3, 0.4) is 0 Å². The molecule has 0 bridgehead atoms. The van der Waals surface area contributed by atoms with Crippen molar-refractivity contribution < 1.29 is 15.3 Å². The van der Waals surface area contributed by atoms with E-state index in [9.17, 15) is 0 Å². The molecule has 0 spiro atoms. The van der Waals surface area contributed by atoms with E-state index in [2.05, 4.69) is 13.8 Å². The summed E-state index contributed by atoms with van der Waals surface area (Å²) >= 11 is 0. The SMILES string of the molecule is CCCC(CC)CC(CO)(CO)CO. The average molecular weight is 204 g/mol. The zero-order valence-corrected chi connectivity index (χ0v) is 9.37. The van der Waals surface area contributed by atoms with Gasteiger partial charge in [-0.2, -0.15) is 0 Å². The van der Waals surface area contributed by atoms with Crippen molar-refractivity contribution in [2.24, 2.45) is 11.3 Å². The zero-order chi connectivity index (χ0) is 11.0. The molecule has 0 saturated heterocycles. The molecule has 0 aliphatic heterocycles. The van der Waals surface area contributed by atoms with Crippen LogP contribution in [0, 0.1) is 11.3 Å². The largest absolute Gasteiger partial charge is 0.396 e. The quantitative estimate of drug-likeness (QED) is 0.556. The Morgan fingerprint density at radius 2 is 1.50 bits per heavy atom. The second-order valence-corrected chi connectivity index (χ2v) is 4.24. The molecule has 14 heavy (non-hydrogen) atoms. The second kappa shape index (κ2) is 7.21. The first-order valence-corrected chi connectivity index (χ1v) is 5.50. The zero-order valence-electron chi connectivity index (χ0n) is 9.37. The molecule has 1 unspecified atom stereocenters. The van der Waals surface area contributed by atoms with E-state index in [1.165, 1.54) is 0 Å². The lowest BCUT2D eigenvalue weighted by molar-refractivity contribution is -0.0133. The molecular formula is C11H24O3. The maximum absolute atomic E-state index is 9.17. The minimum absolute atomic E-state index is 0.139. The van der Waals surface area contributed by atoms with Crippen molar-refractivity contribution in [3.63, 3.8) is 0 Å². The van der Waals surface area contributed by atoms with Gasteiger partial charge in [0.2, 0.25) is 0 Å². The lowest BCUT2D eigenvalue weighted by Gasteiger charge is -2.31. The van der Waals surface area contributed by atoms with Gasteiger partial charge in [-0.05, 0) is 12.3 Å².